The first-order valence-corrected chi connectivity index (χ1v) is 6.01. The highest BCUT2D eigenvalue weighted by Gasteiger charge is 2.40. The predicted molar refractivity (Wildman–Crippen MR) is 40.7 cm³/mol. The van der Waals surface area contributed by atoms with E-state index >= 15 is 0 Å². The summed E-state index contributed by atoms with van der Waals surface area (Å²) >= 11 is 0. The van der Waals surface area contributed by atoms with Gasteiger partial charge >= 0.3 is 0 Å². The van der Waals surface area contributed by atoms with Gasteiger partial charge in [0.05, 0.1) is 19.6 Å². The highest BCUT2D eigenvalue weighted by atomic mass is 35.7. The third-order valence-electron chi connectivity index (χ3n) is 3.18. The van der Waals surface area contributed by atoms with Gasteiger partial charge in [-0.05, 0) is 0 Å². The average Bonchev–Trinajstić information content (AvgIpc) is 2.18. The van der Waals surface area contributed by atoms with Crippen LogP contribution in [0.3, 0.4) is 0 Å². The first-order valence-electron chi connectivity index (χ1n) is 4.78. The maximum absolute atomic E-state index is 8.49. The molecule has 5 nitrogen and oxygen atoms in total. The van der Waals surface area contributed by atoms with Crippen LogP contribution in [-0.4, -0.2) is 19.6 Å². The van der Waals surface area contributed by atoms with Crippen LogP contribution < -0.4 is 23.5 Å². The third kappa shape index (κ3) is 4.34. The zero-order valence-corrected chi connectivity index (χ0v) is 9.09. The average molecular weight is 236 g/mol. The largest absolute Gasteiger partial charge is 0.335 e. The molecule has 2 bridgehead atoms. The third-order valence-corrected chi connectivity index (χ3v) is 3.18. The smallest absolute Gasteiger partial charge is 0.0785 e. The molecule has 0 atom stereocenters. The number of piperidine rings is 3. The van der Waals surface area contributed by atoms with Crippen LogP contribution in [0.2, 0.25) is 0 Å². The number of terminal acetylenes is 1. The first-order chi connectivity index (χ1) is 6.85. The van der Waals surface area contributed by atoms with Crippen molar-refractivity contribution in [1.82, 2.24) is 0 Å². The summed E-state index contributed by atoms with van der Waals surface area (Å²) in [5, 5.41) is 0. The van der Waals surface area contributed by atoms with Crippen molar-refractivity contribution in [2.24, 2.45) is 5.41 Å². The Bertz CT molecular complexity index is 230. The second-order valence-electron chi connectivity index (χ2n) is 4.05. The van der Waals surface area contributed by atoms with Gasteiger partial charge in [0.1, 0.15) is 0 Å². The fraction of sp³-hybridized carbons (Fsp3) is 0.778. The molecule has 0 aromatic carbocycles. The van der Waals surface area contributed by atoms with Gasteiger partial charge in [-0.15, -0.1) is 16.7 Å². The van der Waals surface area contributed by atoms with Crippen molar-refractivity contribution in [3.63, 3.8) is 0 Å². The van der Waals surface area contributed by atoms with E-state index in [4.69, 9.17) is 25.1 Å². The van der Waals surface area contributed by atoms with Crippen molar-refractivity contribution in [1.29, 1.82) is 0 Å². The molecule has 0 unspecified atom stereocenters. The van der Waals surface area contributed by atoms with Gasteiger partial charge in [-0.3, -0.25) is 0 Å². The molecule has 0 aliphatic carbocycles. The summed E-state index contributed by atoms with van der Waals surface area (Å²) in [6.45, 7) is 3.97. The van der Waals surface area contributed by atoms with Gasteiger partial charge in [-0.2, -0.15) is 0 Å². The predicted octanol–water partition coefficient (Wildman–Crippen LogP) is -5.07. The van der Waals surface area contributed by atoms with Crippen molar-refractivity contribution in [2.75, 3.05) is 19.6 Å². The number of fused-ring (bicyclic) bond motifs is 3. The molecule has 3 aliphatic heterocycles. The molecule has 0 amide bonds. The summed E-state index contributed by atoms with van der Waals surface area (Å²) in [5.41, 5.74) is 0.335. The van der Waals surface area contributed by atoms with Gasteiger partial charge in [-0.1, -0.05) is 5.92 Å². The molecule has 0 aromatic rings. The maximum atomic E-state index is 8.49. The number of hydrogen-bond acceptors (Lipinski definition) is 4. The number of hydrogen-bond donors (Lipinski definition) is 1. The molecule has 0 spiro atoms. The summed E-state index contributed by atoms with van der Waals surface area (Å²) in [5.74, 6) is 2.99. The Morgan fingerprint density at radius 1 is 1.00 bits per heavy atom. The molecule has 3 fully saturated rings. The summed E-state index contributed by atoms with van der Waals surface area (Å²) in [6, 6.07) is 0. The minimum atomic E-state index is -4.94. The van der Waals surface area contributed by atoms with Gasteiger partial charge in [0.25, 0.3) is 0 Å². The van der Waals surface area contributed by atoms with Gasteiger partial charge < -0.3 is 4.90 Å². The molecule has 15 heavy (non-hydrogen) atoms. The second kappa shape index (κ2) is 4.66. The number of rotatable bonds is 0. The lowest BCUT2D eigenvalue weighted by atomic mass is 9.73. The lowest BCUT2D eigenvalue weighted by Crippen LogP contribution is -3.15. The molecule has 0 aromatic heterocycles. The fourth-order valence-electron chi connectivity index (χ4n) is 2.21. The van der Waals surface area contributed by atoms with E-state index in [0.29, 0.717) is 5.41 Å². The van der Waals surface area contributed by atoms with E-state index in [1.807, 2.05) is 0 Å². The number of nitrogens with one attached hydrogen (secondary N) is 1. The molecular formula is C9H14ClNO4. The Kier molecular flexibility index (Phi) is 3.95. The van der Waals surface area contributed by atoms with Crippen molar-refractivity contribution in [3.8, 4) is 12.3 Å². The van der Waals surface area contributed by atoms with E-state index in [1.54, 1.807) is 4.90 Å². The van der Waals surface area contributed by atoms with Crippen LogP contribution in [0.25, 0.3) is 0 Å². The van der Waals surface area contributed by atoms with Crippen molar-refractivity contribution in [3.05, 3.63) is 0 Å². The molecule has 6 heteroatoms. The zero-order chi connectivity index (χ0) is 11.5. The molecule has 3 aliphatic rings. The van der Waals surface area contributed by atoms with E-state index in [1.165, 1.54) is 38.9 Å². The standard InChI is InChI=1S/C9H13N.ClHO4/c1-2-9-3-6-10(7-4-9)8-5-9;2-1(3,4)5/h1H,3-8H2;(H,2,3,4,5). The SMILES string of the molecule is C#CC12CC[NH+](CC1)CC2.[O-][Cl+3]([O-])([O-])[O-]. The Morgan fingerprint density at radius 2 is 1.33 bits per heavy atom. The van der Waals surface area contributed by atoms with Crippen molar-refractivity contribution in [2.45, 2.75) is 19.3 Å². The summed E-state index contributed by atoms with van der Waals surface area (Å²) in [6.07, 6.45) is 9.34. The lowest BCUT2D eigenvalue weighted by Gasteiger charge is -2.42. The molecular weight excluding hydrogens is 222 g/mol. The van der Waals surface area contributed by atoms with Gasteiger partial charge in [-0.25, -0.2) is 18.6 Å². The second-order valence-corrected chi connectivity index (χ2v) is 4.81. The van der Waals surface area contributed by atoms with Crippen LogP contribution in [0.5, 0.6) is 0 Å². The van der Waals surface area contributed by atoms with Crippen molar-refractivity contribution < 1.29 is 33.8 Å². The molecule has 3 rings (SSSR count). The summed E-state index contributed by atoms with van der Waals surface area (Å²) < 4.78 is 34.0. The van der Waals surface area contributed by atoms with Crippen LogP contribution in [0, 0.1) is 28.0 Å². The van der Waals surface area contributed by atoms with Gasteiger partial charge in [0.2, 0.25) is 0 Å². The molecule has 3 heterocycles. The molecule has 0 saturated carbocycles. The number of halogens is 1. The lowest BCUT2D eigenvalue weighted by molar-refractivity contribution is -2.00. The highest BCUT2D eigenvalue weighted by Crippen LogP contribution is 2.32. The van der Waals surface area contributed by atoms with E-state index in [9.17, 15) is 0 Å². The van der Waals surface area contributed by atoms with Crippen LogP contribution in [-0.2, 0) is 0 Å². The minimum Gasteiger partial charge on any atom is -0.335 e. The van der Waals surface area contributed by atoms with Crippen molar-refractivity contribution >= 4 is 0 Å². The first kappa shape index (κ1) is 12.7. The normalized spacial score (nSPS) is 33.9. The fourth-order valence-corrected chi connectivity index (χ4v) is 2.21. The van der Waals surface area contributed by atoms with Crippen LogP contribution >= 0.6 is 0 Å². The Balaban J connectivity index is 0.000000195. The van der Waals surface area contributed by atoms with E-state index < -0.39 is 10.2 Å². The molecule has 0 radical (unpaired) electrons. The van der Waals surface area contributed by atoms with Crippen LogP contribution in [0.15, 0.2) is 0 Å². The Labute approximate surface area is 91.0 Å². The van der Waals surface area contributed by atoms with E-state index in [-0.39, 0.29) is 0 Å². The van der Waals surface area contributed by atoms with Gasteiger partial charge in [0.15, 0.2) is 0 Å². The molecule has 3 saturated heterocycles. The summed E-state index contributed by atoms with van der Waals surface area (Å²) in [4.78, 5) is 1.78. The minimum absolute atomic E-state index is 0.335. The number of quaternary nitrogens is 1. The molecule has 86 valence electrons. The maximum Gasteiger partial charge on any atom is 0.0785 e. The topological polar surface area (TPSA) is 96.7 Å². The van der Waals surface area contributed by atoms with E-state index in [2.05, 4.69) is 5.92 Å². The van der Waals surface area contributed by atoms with Crippen LogP contribution in [0.1, 0.15) is 19.3 Å². The molecule has 1 N–H and O–H groups in total. The zero-order valence-electron chi connectivity index (χ0n) is 8.33. The monoisotopic (exact) mass is 235 g/mol. The van der Waals surface area contributed by atoms with E-state index in [0.717, 1.165) is 0 Å². The van der Waals surface area contributed by atoms with Gasteiger partial charge in [0, 0.05) is 24.7 Å². The summed E-state index contributed by atoms with van der Waals surface area (Å²) in [7, 11) is -4.94. The van der Waals surface area contributed by atoms with Crippen LogP contribution in [0.4, 0.5) is 0 Å². The highest BCUT2D eigenvalue weighted by molar-refractivity contribution is 5.07. The Morgan fingerprint density at radius 3 is 1.53 bits per heavy atom. The quantitative estimate of drug-likeness (QED) is 0.425. The Hall–Kier alpha value is -0.350.